The molecule has 1 atom stereocenters. The molecule has 3 rings (SSSR count). The van der Waals surface area contributed by atoms with Crippen molar-refractivity contribution in [2.75, 3.05) is 32.5 Å². The van der Waals surface area contributed by atoms with Gasteiger partial charge < -0.3 is 10.2 Å². The highest BCUT2D eigenvalue weighted by Crippen LogP contribution is 2.39. The number of rotatable bonds is 5. The van der Waals surface area contributed by atoms with E-state index in [1.54, 1.807) is 6.33 Å². The number of nitrogens with zero attached hydrogens (tertiary/aromatic N) is 2. The number of hydrogen-bond acceptors (Lipinski definition) is 4. The molecule has 0 radical (unpaired) electrons. The van der Waals surface area contributed by atoms with Crippen LogP contribution < -0.4 is 10.2 Å². The monoisotopic (exact) mass is 305 g/mol. The Balaban J connectivity index is 1.82. The number of nitrogens with one attached hydrogen (secondary N) is 2. The Bertz CT molecular complexity index is 620. The van der Waals surface area contributed by atoms with Gasteiger partial charge in [-0.2, -0.15) is 0 Å². The number of hydrogen-bond donors (Lipinski definition) is 2. The third-order valence-corrected chi connectivity index (χ3v) is 5.40. The summed E-state index contributed by atoms with van der Waals surface area (Å²) in [5.74, 6) is 1.85. The predicted octanol–water partition coefficient (Wildman–Crippen LogP) is 1.76. The number of thiophene rings is 1. The minimum absolute atomic E-state index is 0.804. The maximum absolute atomic E-state index is 4.50. The molecule has 2 aromatic heterocycles. The quantitative estimate of drug-likeness (QED) is 0.827. The standard InChI is InChI=1S/C16H24N4S/c1-11-5-6-12-13(9-11)21-16-14(12)15(18-10-19-16)17-7-4-8-20(2)3/h10-11H,4-9H2,1-3H3,(H,17,18,19)/p+1/t11-/m0/s1. The molecule has 0 saturated heterocycles. The summed E-state index contributed by atoms with van der Waals surface area (Å²) in [5.41, 5.74) is 1.51. The number of anilines is 1. The number of quaternary nitrogens is 1. The van der Waals surface area contributed by atoms with Crippen LogP contribution in [-0.2, 0) is 12.8 Å². The van der Waals surface area contributed by atoms with Gasteiger partial charge in [-0.25, -0.2) is 9.97 Å². The van der Waals surface area contributed by atoms with Crippen LogP contribution in [0.4, 0.5) is 5.82 Å². The SMILES string of the molecule is C[C@H]1CCc2c(sc3ncnc(NCCC[NH+](C)C)c23)C1. The highest BCUT2D eigenvalue weighted by molar-refractivity contribution is 7.19. The molecule has 2 aromatic rings. The summed E-state index contributed by atoms with van der Waals surface area (Å²) >= 11 is 1.87. The van der Waals surface area contributed by atoms with Gasteiger partial charge in [0.15, 0.2) is 0 Å². The van der Waals surface area contributed by atoms with E-state index < -0.39 is 0 Å². The molecule has 1 aliphatic carbocycles. The summed E-state index contributed by atoms with van der Waals surface area (Å²) in [7, 11) is 4.39. The zero-order chi connectivity index (χ0) is 14.8. The first-order chi connectivity index (χ1) is 10.1. The first-order valence-corrected chi connectivity index (χ1v) is 8.75. The van der Waals surface area contributed by atoms with Crippen LogP contribution >= 0.6 is 11.3 Å². The highest BCUT2D eigenvalue weighted by atomic mass is 32.1. The van der Waals surface area contributed by atoms with Gasteiger partial charge in [0.1, 0.15) is 17.0 Å². The Morgan fingerprint density at radius 2 is 2.24 bits per heavy atom. The average Bonchev–Trinajstić information content (AvgIpc) is 2.81. The van der Waals surface area contributed by atoms with Crippen molar-refractivity contribution in [3.8, 4) is 0 Å². The van der Waals surface area contributed by atoms with Crippen molar-refractivity contribution in [3.05, 3.63) is 16.8 Å². The van der Waals surface area contributed by atoms with Crippen molar-refractivity contribution >= 4 is 27.4 Å². The van der Waals surface area contributed by atoms with Gasteiger partial charge in [0.2, 0.25) is 0 Å². The van der Waals surface area contributed by atoms with E-state index in [1.807, 2.05) is 11.3 Å². The van der Waals surface area contributed by atoms with Crippen LogP contribution in [0.5, 0.6) is 0 Å². The van der Waals surface area contributed by atoms with E-state index >= 15 is 0 Å². The predicted molar refractivity (Wildman–Crippen MR) is 89.4 cm³/mol. The zero-order valence-electron chi connectivity index (χ0n) is 13.2. The molecule has 0 unspecified atom stereocenters. The summed E-state index contributed by atoms with van der Waals surface area (Å²) in [6.07, 6.45) is 6.54. The third kappa shape index (κ3) is 3.19. The molecule has 1 aliphatic rings. The molecule has 2 N–H and O–H groups in total. The molecule has 21 heavy (non-hydrogen) atoms. The molecule has 0 spiro atoms. The van der Waals surface area contributed by atoms with E-state index in [0.717, 1.165) is 29.5 Å². The lowest BCUT2D eigenvalue weighted by atomic mass is 9.89. The fourth-order valence-electron chi connectivity index (χ4n) is 3.06. The first-order valence-electron chi connectivity index (χ1n) is 7.93. The topological polar surface area (TPSA) is 42.2 Å². The zero-order valence-corrected chi connectivity index (χ0v) is 14.0. The van der Waals surface area contributed by atoms with Gasteiger partial charge in [-0.1, -0.05) is 6.92 Å². The Morgan fingerprint density at radius 3 is 3.05 bits per heavy atom. The van der Waals surface area contributed by atoms with Crippen LogP contribution in [0.25, 0.3) is 10.2 Å². The van der Waals surface area contributed by atoms with Crippen molar-refractivity contribution in [3.63, 3.8) is 0 Å². The lowest BCUT2D eigenvalue weighted by Crippen LogP contribution is -3.05. The van der Waals surface area contributed by atoms with Gasteiger partial charge >= 0.3 is 0 Å². The maximum atomic E-state index is 4.50. The second kappa shape index (κ2) is 6.28. The maximum Gasteiger partial charge on any atom is 0.138 e. The Kier molecular flexibility index (Phi) is 4.40. The number of fused-ring (bicyclic) bond motifs is 3. The third-order valence-electron chi connectivity index (χ3n) is 4.24. The Morgan fingerprint density at radius 1 is 1.38 bits per heavy atom. The van der Waals surface area contributed by atoms with Crippen LogP contribution in [0.15, 0.2) is 6.33 Å². The lowest BCUT2D eigenvalue weighted by Gasteiger charge is -2.18. The molecule has 0 aromatic carbocycles. The summed E-state index contributed by atoms with van der Waals surface area (Å²) in [6.45, 7) is 4.51. The molecule has 5 heteroatoms. The Hall–Kier alpha value is -1.20. The minimum Gasteiger partial charge on any atom is -0.369 e. The molecule has 0 fully saturated rings. The largest absolute Gasteiger partial charge is 0.369 e. The fraction of sp³-hybridized carbons (Fsp3) is 0.625. The van der Waals surface area contributed by atoms with E-state index in [1.165, 1.54) is 46.5 Å². The lowest BCUT2D eigenvalue weighted by molar-refractivity contribution is -0.858. The molecular weight excluding hydrogens is 280 g/mol. The van der Waals surface area contributed by atoms with Gasteiger partial charge in [-0.15, -0.1) is 11.3 Å². The van der Waals surface area contributed by atoms with Gasteiger partial charge in [-0.05, 0) is 30.7 Å². The van der Waals surface area contributed by atoms with Crippen LogP contribution in [-0.4, -0.2) is 37.2 Å². The average molecular weight is 305 g/mol. The molecule has 0 aliphatic heterocycles. The minimum atomic E-state index is 0.804. The van der Waals surface area contributed by atoms with E-state index in [2.05, 4.69) is 36.3 Å². The van der Waals surface area contributed by atoms with Gasteiger partial charge in [0, 0.05) is 17.8 Å². The van der Waals surface area contributed by atoms with E-state index in [-0.39, 0.29) is 0 Å². The number of aromatic nitrogens is 2. The van der Waals surface area contributed by atoms with Crippen LogP contribution in [0, 0.1) is 5.92 Å². The molecular formula is C16H25N4S+. The highest BCUT2D eigenvalue weighted by Gasteiger charge is 2.22. The summed E-state index contributed by atoms with van der Waals surface area (Å²) < 4.78 is 0. The first kappa shape index (κ1) is 14.7. The van der Waals surface area contributed by atoms with Crippen molar-refractivity contribution in [1.29, 1.82) is 0 Å². The van der Waals surface area contributed by atoms with E-state index in [4.69, 9.17) is 0 Å². The second-order valence-electron chi connectivity index (χ2n) is 6.49. The van der Waals surface area contributed by atoms with Crippen LogP contribution in [0.2, 0.25) is 0 Å². The van der Waals surface area contributed by atoms with Crippen molar-refractivity contribution < 1.29 is 4.90 Å². The second-order valence-corrected chi connectivity index (χ2v) is 7.58. The van der Waals surface area contributed by atoms with Gasteiger partial charge in [0.05, 0.1) is 26.0 Å². The molecule has 0 saturated carbocycles. The van der Waals surface area contributed by atoms with Gasteiger partial charge in [-0.3, -0.25) is 0 Å². The molecule has 2 heterocycles. The smallest absolute Gasteiger partial charge is 0.138 e. The fourth-order valence-corrected chi connectivity index (χ4v) is 4.41. The summed E-state index contributed by atoms with van der Waals surface area (Å²) in [4.78, 5) is 13.2. The van der Waals surface area contributed by atoms with E-state index in [0.29, 0.717) is 0 Å². The molecule has 114 valence electrons. The normalized spacial score (nSPS) is 18.2. The van der Waals surface area contributed by atoms with Crippen LogP contribution in [0.1, 0.15) is 30.2 Å². The summed E-state index contributed by atoms with van der Waals surface area (Å²) in [5, 5.41) is 4.83. The van der Waals surface area contributed by atoms with Crippen molar-refractivity contribution in [2.45, 2.75) is 32.6 Å². The molecule has 4 nitrogen and oxygen atoms in total. The van der Waals surface area contributed by atoms with Crippen molar-refractivity contribution in [2.24, 2.45) is 5.92 Å². The molecule has 0 bridgehead atoms. The van der Waals surface area contributed by atoms with E-state index in [9.17, 15) is 0 Å². The molecule has 0 amide bonds. The Labute approximate surface area is 130 Å². The number of aryl methyl sites for hydroxylation is 1. The van der Waals surface area contributed by atoms with Gasteiger partial charge in [0.25, 0.3) is 0 Å². The van der Waals surface area contributed by atoms with Crippen LogP contribution in [0.3, 0.4) is 0 Å². The van der Waals surface area contributed by atoms with Crippen molar-refractivity contribution in [1.82, 2.24) is 9.97 Å². The summed E-state index contributed by atoms with van der Waals surface area (Å²) in [6, 6.07) is 0.